The molecule has 0 saturated heterocycles. The summed E-state index contributed by atoms with van der Waals surface area (Å²) in [7, 11) is 0. The Morgan fingerprint density at radius 2 is 1.87 bits per heavy atom. The number of carbonyl (C=O) groups excluding carboxylic acids is 1. The summed E-state index contributed by atoms with van der Waals surface area (Å²) in [6.45, 7) is 8.16. The van der Waals surface area contributed by atoms with Gasteiger partial charge in [-0.05, 0) is 37.0 Å². The quantitative estimate of drug-likeness (QED) is 0.364. The number of fused-ring (bicyclic) bond motifs is 1. The van der Waals surface area contributed by atoms with E-state index in [-0.39, 0.29) is 12.1 Å². The highest BCUT2D eigenvalue weighted by Gasteiger charge is 2.26. The van der Waals surface area contributed by atoms with Crippen LogP contribution in [0.25, 0.3) is 11.0 Å². The van der Waals surface area contributed by atoms with Gasteiger partial charge in [0.25, 0.3) is 0 Å². The second kappa shape index (κ2) is 10.7. The molecule has 1 heterocycles. The van der Waals surface area contributed by atoms with Crippen molar-refractivity contribution in [3.05, 3.63) is 72.3 Å². The molecule has 0 bridgehead atoms. The van der Waals surface area contributed by atoms with Gasteiger partial charge in [0.1, 0.15) is 11.7 Å². The summed E-state index contributed by atoms with van der Waals surface area (Å²) >= 11 is 0. The first kappa shape index (κ1) is 21.7. The molecule has 0 spiro atoms. The molecular weight excluding hydrogens is 376 g/mol. The summed E-state index contributed by atoms with van der Waals surface area (Å²) in [5.74, 6) is 0.0163. The van der Waals surface area contributed by atoms with Gasteiger partial charge in [-0.25, -0.2) is 9.48 Å². The topological polar surface area (TPSA) is 60.2 Å². The molecule has 0 saturated carbocycles. The number of ether oxygens (including phenoxy) is 1. The van der Waals surface area contributed by atoms with Crippen LogP contribution >= 0.6 is 0 Å². The van der Waals surface area contributed by atoms with Gasteiger partial charge in [-0.1, -0.05) is 67.6 Å². The number of hydrogen-bond acceptors (Lipinski definition) is 5. The van der Waals surface area contributed by atoms with E-state index in [1.54, 1.807) is 0 Å². The zero-order chi connectivity index (χ0) is 21.3. The summed E-state index contributed by atoms with van der Waals surface area (Å²) in [6.07, 6.45) is 4.17. The third-order valence-electron chi connectivity index (χ3n) is 4.95. The highest BCUT2D eigenvalue weighted by molar-refractivity contribution is 5.81. The van der Waals surface area contributed by atoms with Crippen LogP contribution in [0.3, 0.4) is 0 Å². The standard InChI is InChI=1S/C24H30N4O2/c1-4-30-23(29)16-10-11-17-27(18-20-12-6-5-7-13-20)24(19(2)3)28-22-15-9-8-14-21(22)25-26-28/h5-10,12-16,19,24H,4,11,17-18H2,1-3H3/b16-10-. The third-order valence-corrected chi connectivity index (χ3v) is 4.95. The molecule has 1 unspecified atom stereocenters. The molecule has 0 aliphatic heterocycles. The van der Waals surface area contributed by atoms with Crippen molar-refractivity contribution >= 4 is 17.0 Å². The number of para-hydroxylation sites is 1. The van der Waals surface area contributed by atoms with Gasteiger partial charge in [0.15, 0.2) is 0 Å². The fraction of sp³-hybridized carbons (Fsp3) is 0.375. The van der Waals surface area contributed by atoms with Crippen LogP contribution in [0.15, 0.2) is 66.7 Å². The Morgan fingerprint density at radius 1 is 1.13 bits per heavy atom. The lowest BCUT2D eigenvalue weighted by atomic mass is 10.1. The molecule has 0 amide bonds. The number of nitrogens with zero attached hydrogens (tertiary/aromatic N) is 4. The van der Waals surface area contributed by atoms with E-state index in [1.165, 1.54) is 11.6 Å². The minimum atomic E-state index is -0.296. The maximum atomic E-state index is 11.6. The molecule has 30 heavy (non-hydrogen) atoms. The summed E-state index contributed by atoms with van der Waals surface area (Å²) in [6, 6.07) is 18.5. The van der Waals surface area contributed by atoms with E-state index in [0.29, 0.717) is 12.5 Å². The number of carbonyl (C=O) groups is 1. The van der Waals surface area contributed by atoms with Gasteiger partial charge in [-0.15, -0.1) is 5.10 Å². The number of rotatable bonds is 10. The first-order chi connectivity index (χ1) is 14.6. The predicted octanol–water partition coefficient (Wildman–Crippen LogP) is 4.60. The molecule has 158 valence electrons. The molecule has 0 aliphatic rings. The Kier molecular flexibility index (Phi) is 7.74. The van der Waals surface area contributed by atoms with Crippen molar-refractivity contribution < 1.29 is 9.53 Å². The van der Waals surface area contributed by atoms with E-state index in [9.17, 15) is 4.79 Å². The van der Waals surface area contributed by atoms with Crippen molar-refractivity contribution in [3.8, 4) is 0 Å². The van der Waals surface area contributed by atoms with E-state index in [1.807, 2.05) is 41.9 Å². The highest BCUT2D eigenvalue weighted by atomic mass is 16.5. The second-order valence-electron chi connectivity index (χ2n) is 7.58. The lowest BCUT2D eigenvalue weighted by Crippen LogP contribution is -2.37. The average molecular weight is 407 g/mol. The molecule has 3 rings (SSSR count). The first-order valence-corrected chi connectivity index (χ1v) is 10.5. The van der Waals surface area contributed by atoms with E-state index in [4.69, 9.17) is 4.74 Å². The number of esters is 1. The van der Waals surface area contributed by atoms with Gasteiger partial charge in [0.05, 0.1) is 12.1 Å². The van der Waals surface area contributed by atoms with Gasteiger partial charge < -0.3 is 4.74 Å². The Balaban J connectivity index is 1.86. The van der Waals surface area contributed by atoms with Crippen molar-refractivity contribution in [2.75, 3.05) is 13.2 Å². The van der Waals surface area contributed by atoms with Crippen molar-refractivity contribution in [2.45, 2.75) is 39.9 Å². The van der Waals surface area contributed by atoms with E-state index < -0.39 is 0 Å². The normalized spacial score (nSPS) is 12.8. The van der Waals surface area contributed by atoms with Crippen molar-refractivity contribution in [3.63, 3.8) is 0 Å². The van der Waals surface area contributed by atoms with Crippen molar-refractivity contribution in [1.29, 1.82) is 0 Å². The van der Waals surface area contributed by atoms with Crippen LogP contribution in [-0.4, -0.2) is 39.0 Å². The second-order valence-corrected chi connectivity index (χ2v) is 7.58. The van der Waals surface area contributed by atoms with Gasteiger partial charge >= 0.3 is 5.97 Å². The van der Waals surface area contributed by atoms with Crippen LogP contribution < -0.4 is 0 Å². The summed E-state index contributed by atoms with van der Waals surface area (Å²) in [4.78, 5) is 14.0. The lowest BCUT2D eigenvalue weighted by Gasteiger charge is -2.34. The molecule has 0 N–H and O–H groups in total. The predicted molar refractivity (Wildman–Crippen MR) is 119 cm³/mol. The Hall–Kier alpha value is -2.99. The molecule has 1 aromatic heterocycles. The molecule has 0 fully saturated rings. The van der Waals surface area contributed by atoms with Crippen LogP contribution in [-0.2, 0) is 16.1 Å². The molecule has 2 aromatic carbocycles. The fourth-order valence-electron chi connectivity index (χ4n) is 3.67. The Bertz CT molecular complexity index is 966. The largest absolute Gasteiger partial charge is 0.463 e. The maximum absolute atomic E-state index is 11.6. The minimum Gasteiger partial charge on any atom is -0.463 e. The molecule has 0 radical (unpaired) electrons. The first-order valence-electron chi connectivity index (χ1n) is 10.5. The zero-order valence-corrected chi connectivity index (χ0v) is 17.9. The van der Waals surface area contributed by atoms with Gasteiger partial charge in [-0.2, -0.15) is 0 Å². The molecular formula is C24H30N4O2. The van der Waals surface area contributed by atoms with E-state index in [0.717, 1.165) is 30.5 Å². The Labute approximate surface area is 178 Å². The monoisotopic (exact) mass is 406 g/mol. The SMILES string of the molecule is CCOC(=O)/C=C\CCN(Cc1ccccc1)C(C(C)C)n1nnc2ccccc21. The van der Waals surface area contributed by atoms with Crippen molar-refractivity contribution in [1.82, 2.24) is 19.9 Å². The zero-order valence-electron chi connectivity index (χ0n) is 17.9. The van der Waals surface area contributed by atoms with Crippen LogP contribution in [0.5, 0.6) is 0 Å². The van der Waals surface area contributed by atoms with Crippen LogP contribution in [0.2, 0.25) is 0 Å². The van der Waals surface area contributed by atoms with E-state index >= 15 is 0 Å². The highest BCUT2D eigenvalue weighted by Crippen LogP contribution is 2.27. The number of benzene rings is 2. The molecule has 6 heteroatoms. The fourth-order valence-corrected chi connectivity index (χ4v) is 3.67. The minimum absolute atomic E-state index is 0.0357. The molecule has 0 aliphatic carbocycles. The lowest BCUT2D eigenvalue weighted by molar-refractivity contribution is -0.137. The summed E-state index contributed by atoms with van der Waals surface area (Å²) in [5.41, 5.74) is 3.16. The molecule has 6 nitrogen and oxygen atoms in total. The van der Waals surface area contributed by atoms with Gasteiger partial charge in [-0.3, -0.25) is 4.90 Å². The smallest absolute Gasteiger partial charge is 0.330 e. The molecule has 3 aromatic rings. The van der Waals surface area contributed by atoms with Gasteiger partial charge in [0.2, 0.25) is 0 Å². The van der Waals surface area contributed by atoms with Crippen LogP contribution in [0.1, 0.15) is 38.9 Å². The molecule has 1 atom stereocenters. The number of aromatic nitrogens is 3. The van der Waals surface area contributed by atoms with Crippen LogP contribution in [0, 0.1) is 5.92 Å². The van der Waals surface area contributed by atoms with Gasteiger partial charge in [0, 0.05) is 19.2 Å². The summed E-state index contributed by atoms with van der Waals surface area (Å²) < 4.78 is 7.00. The number of hydrogen-bond donors (Lipinski definition) is 0. The maximum Gasteiger partial charge on any atom is 0.330 e. The summed E-state index contributed by atoms with van der Waals surface area (Å²) in [5, 5.41) is 8.86. The average Bonchev–Trinajstić information content (AvgIpc) is 3.16. The van der Waals surface area contributed by atoms with E-state index in [2.05, 4.69) is 59.4 Å². The Morgan fingerprint density at radius 3 is 2.60 bits per heavy atom. The van der Waals surface area contributed by atoms with Crippen molar-refractivity contribution in [2.24, 2.45) is 5.92 Å². The third kappa shape index (κ3) is 5.54. The van der Waals surface area contributed by atoms with Crippen LogP contribution in [0.4, 0.5) is 0 Å².